The molecule has 0 aromatic rings. The van der Waals surface area contributed by atoms with Crippen molar-refractivity contribution in [3.63, 3.8) is 0 Å². The van der Waals surface area contributed by atoms with Crippen LogP contribution in [0.2, 0.25) is 0 Å². The van der Waals surface area contributed by atoms with Crippen LogP contribution in [0.1, 0.15) is 19.8 Å². The molecular formula is C10H21N3. The highest BCUT2D eigenvalue weighted by atomic mass is 15.3. The quantitative estimate of drug-likeness (QED) is 0.674. The van der Waals surface area contributed by atoms with Gasteiger partial charge in [0, 0.05) is 38.3 Å². The molecular weight excluding hydrogens is 162 g/mol. The molecule has 0 atom stereocenters. The Kier molecular flexibility index (Phi) is 2.58. The fraction of sp³-hybridized carbons (Fsp3) is 1.00. The molecule has 0 bridgehead atoms. The van der Waals surface area contributed by atoms with Crippen LogP contribution in [0.25, 0.3) is 0 Å². The van der Waals surface area contributed by atoms with Crippen molar-refractivity contribution < 1.29 is 0 Å². The molecule has 76 valence electrons. The van der Waals surface area contributed by atoms with Crippen molar-refractivity contribution in [1.82, 2.24) is 9.80 Å². The van der Waals surface area contributed by atoms with Crippen molar-refractivity contribution in [3.8, 4) is 0 Å². The van der Waals surface area contributed by atoms with Crippen molar-refractivity contribution in [3.05, 3.63) is 0 Å². The van der Waals surface area contributed by atoms with Gasteiger partial charge in [-0.25, -0.2) is 0 Å². The summed E-state index contributed by atoms with van der Waals surface area (Å²) < 4.78 is 0. The average molecular weight is 183 g/mol. The Morgan fingerprint density at radius 2 is 1.62 bits per heavy atom. The number of hydrogen-bond acceptors (Lipinski definition) is 3. The lowest BCUT2D eigenvalue weighted by molar-refractivity contribution is 0.129. The molecule has 1 aliphatic heterocycles. The third-order valence-electron chi connectivity index (χ3n) is 3.34. The summed E-state index contributed by atoms with van der Waals surface area (Å²) in [6.45, 7) is 9.45. The van der Waals surface area contributed by atoms with E-state index >= 15 is 0 Å². The molecule has 2 N–H and O–H groups in total. The summed E-state index contributed by atoms with van der Waals surface area (Å²) in [6, 6.07) is 0. The minimum Gasteiger partial charge on any atom is -0.324 e. The minimum absolute atomic E-state index is 0.203. The maximum Gasteiger partial charge on any atom is 0.0284 e. The van der Waals surface area contributed by atoms with E-state index in [4.69, 9.17) is 5.73 Å². The van der Waals surface area contributed by atoms with Gasteiger partial charge in [0.25, 0.3) is 0 Å². The number of rotatable bonds is 3. The molecule has 0 radical (unpaired) electrons. The Bertz CT molecular complexity index is 169. The fourth-order valence-electron chi connectivity index (χ4n) is 2.03. The van der Waals surface area contributed by atoms with E-state index in [1.807, 2.05) is 0 Å². The standard InChI is InChI=1S/C10H21N3/c1-2-12-5-7-13(8-6-12)9-10(11)3-4-10/h2-9,11H2,1H3. The van der Waals surface area contributed by atoms with E-state index in [1.165, 1.54) is 45.6 Å². The maximum atomic E-state index is 6.09. The largest absolute Gasteiger partial charge is 0.324 e. The van der Waals surface area contributed by atoms with Crippen LogP contribution >= 0.6 is 0 Å². The van der Waals surface area contributed by atoms with Gasteiger partial charge in [-0.05, 0) is 19.4 Å². The number of piperazine rings is 1. The van der Waals surface area contributed by atoms with Gasteiger partial charge in [-0.1, -0.05) is 6.92 Å². The van der Waals surface area contributed by atoms with Crippen LogP contribution < -0.4 is 5.73 Å². The third-order valence-corrected chi connectivity index (χ3v) is 3.34. The zero-order valence-electron chi connectivity index (χ0n) is 8.63. The number of nitrogens with zero attached hydrogens (tertiary/aromatic N) is 2. The Labute approximate surface area is 80.9 Å². The molecule has 1 saturated carbocycles. The predicted molar refractivity (Wildman–Crippen MR) is 54.7 cm³/mol. The molecule has 1 aliphatic carbocycles. The molecule has 3 heteroatoms. The molecule has 0 aromatic carbocycles. The highest BCUT2D eigenvalue weighted by molar-refractivity contribution is 5.01. The first kappa shape index (κ1) is 9.44. The summed E-state index contributed by atoms with van der Waals surface area (Å²) in [5.41, 5.74) is 6.29. The van der Waals surface area contributed by atoms with Crippen molar-refractivity contribution in [2.45, 2.75) is 25.3 Å². The third kappa shape index (κ3) is 2.42. The second-order valence-corrected chi connectivity index (χ2v) is 4.57. The van der Waals surface area contributed by atoms with Gasteiger partial charge in [0.05, 0.1) is 0 Å². The van der Waals surface area contributed by atoms with E-state index in [-0.39, 0.29) is 5.54 Å². The zero-order chi connectivity index (χ0) is 9.31. The molecule has 1 heterocycles. The fourth-order valence-corrected chi connectivity index (χ4v) is 2.03. The lowest BCUT2D eigenvalue weighted by Crippen LogP contribution is -2.50. The van der Waals surface area contributed by atoms with E-state index in [0.717, 1.165) is 6.54 Å². The van der Waals surface area contributed by atoms with Gasteiger partial charge in [-0.2, -0.15) is 0 Å². The normalized spacial score (nSPS) is 29.1. The highest BCUT2D eigenvalue weighted by Gasteiger charge is 2.39. The molecule has 1 saturated heterocycles. The summed E-state index contributed by atoms with van der Waals surface area (Å²) in [6.07, 6.45) is 2.47. The first-order chi connectivity index (χ1) is 6.22. The number of likely N-dealkylation sites (N-methyl/N-ethyl adjacent to an activating group) is 1. The van der Waals surface area contributed by atoms with Gasteiger partial charge in [0.1, 0.15) is 0 Å². The van der Waals surface area contributed by atoms with E-state index < -0.39 is 0 Å². The number of hydrogen-bond donors (Lipinski definition) is 1. The average Bonchev–Trinajstić information content (AvgIpc) is 2.85. The molecule has 13 heavy (non-hydrogen) atoms. The first-order valence-electron chi connectivity index (χ1n) is 5.45. The first-order valence-corrected chi connectivity index (χ1v) is 5.45. The lowest BCUT2D eigenvalue weighted by atomic mass is 10.2. The monoisotopic (exact) mass is 183 g/mol. The molecule has 0 unspecified atom stereocenters. The molecule has 0 amide bonds. The smallest absolute Gasteiger partial charge is 0.0284 e. The lowest BCUT2D eigenvalue weighted by Gasteiger charge is -2.35. The van der Waals surface area contributed by atoms with Crippen LogP contribution in [-0.2, 0) is 0 Å². The van der Waals surface area contributed by atoms with Crippen LogP contribution in [0.4, 0.5) is 0 Å². The van der Waals surface area contributed by atoms with Gasteiger partial charge in [0.15, 0.2) is 0 Å². The summed E-state index contributed by atoms with van der Waals surface area (Å²) in [4.78, 5) is 5.03. The second-order valence-electron chi connectivity index (χ2n) is 4.57. The maximum absolute atomic E-state index is 6.09. The molecule has 3 nitrogen and oxygen atoms in total. The molecule has 0 aromatic heterocycles. The second kappa shape index (κ2) is 3.56. The van der Waals surface area contributed by atoms with Crippen LogP contribution in [0, 0.1) is 0 Å². The summed E-state index contributed by atoms with van der Waals surface area (Å²) in [7, 11) is 0. The van der Waals surface area contributed by atoms with Crippen molar-refractivity contribution in [2.24, 2.45) is 5.73 Å². The van der Waals surface area contributed by atoms with E-state index in [0.29, 0.717) is 0 Å². The Hall–Kier alpha value is -0.120. The zero-order valence-corrected chi connectivity index (χ0v) is 8.63. The Morgan fingerprint density at radius 3 is 2.08 bits per heavy atom. The minimum atomic E-state index is 0.203. The van der Waals surface area contributed by atoms with Crippen LogP contribution in [0.5, 0.6) is 0 Å². The molecule has 2 rings (SSSR count). The van der Waals surface area contributed by atoms with Gasteiger partial charge in [-0.3, -0.25) is 4.90 Å². The van der Waals surface area contributed by atoms with Crippen LogP contribution in [0.15, 0.2) is 0 Å². The van der Waals surface area contributed by atoms with Gasteiger partial charge < -0.3 is 10.6 Å². The van der Waals surface area contributed by atoms with Gasteiger partial charge >= 0.3 is 0 Å². The van der Waals surface area contributed by atoms with E-state index in [1.54, 1.807) is 0 Å². The van der Waals surface area contributed by atoms with Crippen LogP contribution in [0.3, 0.4) is 0 Å². The molecule has 2 aliphatic rings. The van der Waals surface area contributed by atoms with Gasteiger partial charge in [-0.15, -0.1) is 0 Å². The van der Waals surface area contributed by atoms with Crippen molar-refractivity contribution in [1.29, 1.82) is 0 Å². The topological polar surface area (TPSA) is 32.5 Å². The molecule has 2 fully saturated rings. The van der Waals surface area contributed by atoms with E-state index in [9.17, 15) is 0 Å². The van der Waals surface area contributed by atoms with Gasteiger partial charge in [0.2, 0.25) is 0 Å². The SMILES string of the molecule is CCN1CCN(CC2(N)CC2)CC1. The predicted octanol–water partition coefficient (Wildman–Crippen LogP) is 0.115. The van der Waals surface area contributed by atoms with Crippen LogP contribution in [-0.4, -0.2) is 54.6 Å². The van der Waals surface area contributed by atoms with E-state index in [2.05, 4.69) is 16.7 Å². The Balaban J connectivity index is 1.72. The molecule has 0 spiro atoms. The van der Waals surface area contributed by atoms with Crippen molar-refractivity contribution >= 4 is 0 Å². The number of nitrogens with two attached hydrogens (primary N) is 1. The highest BCUT2D eigenvalue weighted by Crippen LogP contribution is 2.32. The Morgan fingerprint density at radius 1 is 1.08 bits per heavy atom. The summed E-state index contributed by atoms with van der Waals surface area (Å²) in [5, 5.41) is 0. The summed E-state index contributed by atoms with van der Waals surface area (Å²) in [5.74, 6) is 0. The van der Waals surface area contributed by atoms with Crippen molar-refractivity contribution in [2.75, 3.05) is 39.3 Å². The summed E-state index contributed by atoms with van der Waals surface area (Å²) >= 11 is 0.